The summed E-state index contributed by atoms with van der Waals surface area (Å²) in [4.78, 5) is 2.45. The highest BCUT2D eigenvalue weighted by Gasteiger charge is 2.36. The molecule has 1 fully saturated rings. The molecule has 1 saturated heterocycles. The van der Waals surface area contributed by atoms with Gasteiger partial charge in [-0.1, -0.05) is 19.4 Å². The highest BCUT2D eigenvalue weighted by Crippen LogP contribution is 2.36. The lowest BCUT2D eigenvalue weighted by atomic mass is 9.81. The zero-order valence-corrected chi connectivity index (χ0v) is 12.8. The van der Waals surface area contributed by atoms with Crippen LogP contribution in [0.3, 0.4) is 0 Å². The van der Waals surface area contributed by atoms with Crippen LogP contribution in [0.25, 0.3) is 0 Å². The molecule has 1 aliphatic carbocycles. The SMILES string of the molecule is CCCc1ccc(OC)c2c1C[C@H]1OCCN(C)[C@@H]1C2. The number of rotatable bonds is 3. The third kappa shape index (κ3) is 2.33. The molecule has 1 heterocycles. The number of morpholine rings is 1. The molecule has 3 rings (SSSR count). The Bertz CT molecular complexity index is 486. The number of nitrogens with zero attached hydrogens (tertiary/aromatic N) is 1. The number of benzene rings is 1. The second-order valence-corrected chi connectivity index (χ2v) is 6.00. The molecule has 3 heteroatoms. The maximum Gasteiger partial charge on any atom is 0.122 e. The van der Waals surface area contributed by atoms with Crippen LogP contribution in [-0.4, -0.2) is 44.4 Å². The van der Waals surface area contributed by atoms with Crippen molar-refractivity contribution in [3.05, 3.63) is 28.8 Å². The molecule has 0 bridgehead atoms. The zero-order valence-electron chi connectivity index (χ0n) is 12.8. The zero-order chi connectivity index (χ0) is 14.1. The minimum absolute atomic E-state index is 0.351. The Morgan fingerprint density at radius 3 is 2.90 bits per heavy atom. The van der Waals surface area contributed by atoms with E-state index in [0.717, 1.165) is 38.2 Å². The molecule has 0 spiro atoms. The Morgan fingerprint density at radius 2 is 2.15 bits per heavy atom. The minimum Gasteiger partial charge on any atom is -0.496 e. The summed E-state index contributed by atoms with van der Waals surface area (Å²) >= 11 is 0. The van der Waals surface area contributed by atoms with Crippen LogP contribution in [0.1, 0.15) is 30.0 Å². The van der Waals surface area contributed by atoms with Gasteiger partial charge in [0.15, 0.2) is 0 Å². The van der Waals surface area contributed by atoms with E-state index in [1.807, 2.05) is 0 Å². The van der Waals surface area contributed by atoms with Gasteiger partial charge in [0, 0.05) is 19.0 Å². The molecule has 20 heavy (non-hydrogen) atoms. The summed E-state index contributed by atoms with van der Waals surface area (Å²) < 4.78 is 11.6. The third-order valence-corrected chi connectivity index (χ3v) is 4.81. The molecule has 2 aliphatic rings. The van der Waals surface area contributed by atoms with Crippen molar-refractivity contribution < 1.29 is 9.47 Å². The van der Waals surface area contributed by atoms with Crippen molar-refractivity contribution in [2.75, 3.05) is 27.3 Å². The minimum atomic E-state index is 0.351. The Labute approximate surface area is 121 Å². The molecule has 1 aromatic rings. The third-order valence-electron chi connectivity index (χ3n) is 4.81. The number of aryl methyl sites for hydroxylation is 1. The summed E-state index contributed by atoms with van der Waals surface area (Å²) in [5.41, 5.74) is 4.39. The number of fused-ring (bicyclic) bond motifs is 2. The van der Waals surface area contributed by atoms with E-state index in [1.54, 1.807) is 7.11 Å². The topological polar surface area (TPSA) is 21.7 Å². The molecule has 110 valence electrons. The van der Waals surface area contributed by atoms with E-state index in [9.17, 15) is 0 Å². The Hall–Kier alpha value is -1.06. The molecule has 0 N–H and O–H groups in total. The van der Waals surface area contributed by atoms with Gasteiger partial charge in [-0.15, -0.1) is 0 Å². The first kappa shape index (κ1) is 13.9. The fourth-order valence-electron chi connectivity index (χ4n) is 3.69. The number of methoxy groups -OCH3 is 1. The number of likely N-dealkylation sites (N-methyl/N-ethyl adjacent to an activating group) is 1. The van der Waals surface area contributed by atoms with Crippen molar-refractivity contribution in [1.29, 1.82) is 0 Å². The van der Waals surface area contributed by atoms with Gasteiger partial charge in [-0.2, -0.15) is 0 Å². The first-order valence-electron chi connectivity index (χ1n) is 7.74. The molecule has 1 aromatic carbocycles. The van der Waals surface area contributed by atoms with Gasteiger partial charge < -0.3 is 9.47 Å². The number of hydrogen-bond donors (Lipinski definition) is 0. The summed E-state index contributed by atoms with van der Waals surface area (Å²) in [6.07, 6.45) is 4.78. The van der Waals surface area contributed by atoms with E-state index < -0.39 is 0 Å². The first-order chi connectivity index (χ1) is 9.74. The molecular formula is C17H25NO2. The van der Waals surface area contributed by atoms with Crippen molar-refractivity contribution in [3.8, 4) is 5.75 Å². The maximum atomic E-state index is 6.03. The fourth-order valence-corrected chi connectivity index (χ4v) is 3.69. The van der Waals surface area contributed by atoms with Crippen molar-refractivity contribution in [2.45, 2.75) is 44.8 Å². The average Bonchev–Trinajstić information content (AvgIpc) is 2.47. The van der Waals surface area contributed by atoms with E-state index in [1.165, 1.54) is 23.1 Å². The van der Waals surface area contributed by atoms with Gasteiger partial charge in [0.25, 0.3) is 0 Å². The Balaban J connectivity index is 2.00. The highest BCUT2D eigenvalue weighted by molar-refractivity contribution is 5.48. The quantitative estimate of drug-likeness (QED) is 0.846. The average molecular weight is 275 g/mol. The van der Waals surface area contributed by atoms with Crippen LogP contribution in [0.5, 0.6) is 5.75 Å². The van der Waals surface area contributed by atoms with E-state index in [0.29, 0.717) is 12.1 Å². The van der Waals surface area contributed by atoms with E-state index in [4.69, 9.17) is 9.47 Å². The smallest absolute Gasteiger partial charge is 0.122 e. The van der Waals surface area contributed by atoms with Gasteiger partial charge in [-0.25, -0.2) is 0 Å². The highest BCUT2D eigenvalue weighted by atomic mass is 16.5. The van der Waals surface area contributed by atoms with Crippen LogP contribution in [0.15, 0.2) is 12.1 Å². The fraction of sp³-hybridized carbons (Fsp3) is 0.647. The Morgan fingerprint density at radius 1 is 1.30 bits per heavy atom. The lowest BCUT2D eigenvalue weighted by molar-refractivity contribution is -0.0647. The largest absolute Gasteiger partial charge is 0.496 e. The molecular weight excluding hydrogens is 250 g/mol. The summed E-state index contributed by atoms with van der Waals surface area (Å²) in [5.74, 6) is 1.05. The molecule has 0 amide bonds. The molecule has 1 aliphatic heterocycles. The predicted molar refractivity (Wildman–Crippen MR) is 80.6 cm³/mol. The van der Waals surface area contributed by atoms with Crippen LogP contribution in [-0.2, 0) is 24.0 Å². The van der Waals surface area contributed by atoms with Crippen molar-refractivity contribution in [2.24, 2.45) is 0 Å². The molecule has 0 saturated carbocycles. The second kappa shape index (κ2) is 5.74. The molecule has 0 aromatic heterocycles. The Kier molecular flexibility index (Phi) is 3.99. The van der Waals surface area contributed by atoms with Crippen LogP contribution >= 0.6 is 0 Å². The predicted octanol–water partition coefficient (Wildman–Crippen LogP) is 2.45. The van der Waals surface area contributed by atoms with Gasteiger partial charge in [-0.05, 0) is 42.6 Å². The van der Waals surface area contributed by atoms with Gasteiger partial charge in [0.2, 0.25) is 0 Å². The molecule has 3 nitrogen and oxygen atoms in total. The molecule has 2 atom stereocenters. The summed E-state index contributed by atoms with van der Waals surface area (Å²) in [7, 11) is 4.00. The summed E-state index contributed by atoms with van der Waals surface area (Å²) in [6, 6.07) is 4.89. The second-order valence-electron chi connectivity index (χ2n) is 6.00. The van der Waals surface area contributed by atoms with Crippen molar-refractivity contribution >= 4 is 0 Å². The van der Waals surface area contributed by atoms with Crippen molar-refractivity contribution in [3.63, 3.8) is 0 Å². The molecule has 0 radical (unpaired) electrons. The van der Waals surface area contributed by atoms with Gasteiger partial charge in [-0.3, -0.25) is 4.90 Å². The standard InChI is InChI=1S/C17H25NO2/c1-4-5-12-6-7-16(19-3)14-10-15-17(11-13(12)14)20-9-8-18(15)2/h6-7,15,17H,4-5,8-11H2,1-3H3/t15-,17-/m1/s1. The van der Waals surface area contributed by atoms with Crippen LogP contribution in [0.4, 0.5) is 0 Å². The van der Waals surface area contributed by atoms with E-state index in [2.05, 4.69) is 31.0 Å². The van der Waals surface area contributed by atoms with E-state index in [-0.39, 0.29) is 0 Å². The van der Waals surface area contributed by atoms with Crippen LogP contribution in [0, 0.1) is 0 Å². The number of ether oxygens (including phenoxy) is 2. The van der Waals surface area contributed by atoms with Crippen LogP contribution in [0.2, 0.25) is 0 Å². The van der Waals surface area contributed by atoms with Crippen molar-refractivity contribution in [1.82, 2.24) is 4.90 Å². The van der Waals surface area contributed by atoms with Gasteiger partial charge in [0.05, 0.1) is 19.8 Å². The summed E-state index contributed by atoms with van der Waals surface area (Å²) in [6.45, 7) is 4.14. The first-order valence-corrected chi connectivity index (χ1v) is 7.74. The van der Waals surface area contributed by atoms with E-state index >= 15 is 0 Å². The van der Waals surface area contributed by atoms with Gasteiger partial charge >= 0.3 is 0 Å². The monoisotopic (exact) mass is 275 g/mol. The van der Waals surface area contributed by atoms with Gasteiger partial charge in [0.1, 0.15) is 5.75 Å². The maximum absolute atomic E-state index is 6.03. The van der Waals surface area contributed by atoms with Crippen LogP contribution < -0.4 is 4.74 Å². The molecule has 0 unspecified atom stereocenters. The lowest BCUT2D eigenvalue weighted by Crippen LogP contribution is -2.53. The summed E-state index contributed by atoms with van der Waals surface area (Å²) in [5, 5.41) is 0. The lowest BCUT2D eigenvalue weighted by Gasteiger charge is -2.43. The number of hydrogen-bond acceptors (Lipinski definition) is 3. The normalized spacial score (nSPS) is 25.9.